The standard InChI is InChI=1S/C22H25Cl3N2O2S/c1-14(2)26-22(29)15(3)27(11-16-7-4-5-8-18(16)23)21(28)13-30-12-17-19(24)9-6-10-20(17)25/h4-10,14-15H,11-13H2,1-3H3,(H,26,29)/t15-/m1/s1. The number of nitrogens with one attached hydrogen (secondary N) is 1. The van der Waals surface area contributed by atoms with E-state index in [-0.39, 0.29) is 30.2 Å². The van der Waals surface area contributed by atoms with Crippen molar-refractivity contribution in [2.45, 2.75) is 45.2 Å². The zero-order chi connectivity index (χ0) is 22.3. The number of rotatable bonds is 9. The molecule has 2 rings (SSSR count). The molecule has 0 aliphatic rings. The third-order valence-corrected chi connectivity index (χ3v) is 6.45. The van der Waals surface area contributed by atoms with Gasteiger partial charge in [-0.2, -0.15) is 0 Å². The van der Waals surface area contributed by atoms with Crippen molar-refractivity contribution >= 4 is 58.4 Å². The summed E-state index contributed by atoms with van der Waals surface area (Å²) in [6.07, 6.45) is 0. The number of carbonyl (C=O) groups is 2. The summed E-state index contributed by atoms with van der Waals surface area (Å²) >= 11 is 20.1. The van der Waals surface area contributed by atoms with Crippen LogP contribution < -0.4 is 5.32 Å². The van der Waals surface area contributed by atoms with Gasteiger partial charge >= 0.3 is 0 Å². The van der Waals surface area contributed by atoms with Gasteiger partial charge in [0.2, 0.25) is 11.8 Å². The van der Waals surface area contributed by atoms with E-state index >= 15 is 0 Å². The first kappa shape index (κ1) is 24.9. The van der Waals surface area contributed by atoms with Crippen molar-refractivity contribution in [2.24, 2.45) is 0 Å². The molecule has 2 aromatic rings. The van der Waals surface area contributed by atoms with Crippen LogP contribution in [0.5, 0.6) is 0 Å². The molecule has 8 heteroatoms. The van der Waals surface area contributed by atoms with Crippen LogP contribution in [-0.4, -0.2) is 34.6 Å². The molecule has 30 heavy (non-hydrogen) atoms. The summed E-state index contributed by atoms with van der Waals surface area (Å²) < 4.78 is 0. The number of benzene rings is 2. The van der Waals surface area contributed by atoms with Gasteiger partial charge in [0.1, 0.15) is 6.04 Å². The molecule has 162 valence electrons. The molecule has 0 aliphatic carbocycles. The van der Waals surface area contributed by atoms with E-state index in [1.54, 1.807) is 36.1 Å². The maximum absolute atomic E-state index is 13.1. The Bertz CT molecular complexity index is 872. The van der Waals surface area contributed by atoms with E-state index < -0.39 is 6.04 Å². The maximum Gasteiger partial charge on any atom is 0.242 e. The lowest BCUT2D eigenvalue weighted by atomic mass is 10.1. The third kappa shape index (κ3) is 7.09. The van der Waals surface area contributed by atoms with Gasteiger partial charge in [-0.25, -0.2) is 0 Å². The Hall–Kier alpha value is -1.40. The van der Waals surface area contributed by atoms with Gasteiger partial charge in [0.05, 0.1) is 5.75 Å². The smallest absolute Gasteiger partial charge is 0.242 e. The predicted molar refractivity (Wildman–Crippen MR) is 127 cm³/mol. The molecule has 0 aromatic heterocycles. The zero-order valence-electron chi connectivity index (χ0n) is 17.1. The SMILES string of the molecule is CC(C)NC(=O)[C@@H](C)N(Cc1ccccc1Cl)C(=O)CSCc1c(Cl)cccc1Cl. The van der Waals surface area contributed by atoms with Gasteiger partial charge in [-0.1, -0.05) is 59.1 Å². The first-order valence-corrected chi connectivity index (χ1v) is 11.8. The molecule has 0 radical (unpaired) electrons. The van der Waals surface area contributed by atoms with Crippen molar-refractivity contribution in [2.75, 3.05) is 5.75 Å². The van der Waals surface area contributed by atoms with Crippen molar-refractivity contribution in [3.8, 4) is 0 Å². The lowest BCUT2D eigenvalue weighted by Crippen LogP contribution is -2.49. The second-order valence-electron chi connectivity index (χ2n) is 7.15. The highest BCUT2D eigenvalue weighted by atomic mass is 35.5. The molecule has 0 unspecified atom stereocenters. The number of hydrogen-bond acceptors (Lipinski definition) is 3. The number of amides is 2. The average molecular weight is 488 g/mol. The second kappa shape index (κ2) is 11.8. The van der Waals surface area contributed by atoms with Crippen molar-refractivity contribution in [3.63, 3.8) is 0 Å². The van der Waals surface area contributed by atoms with Crippen molar-refractivity contribution < 1.29 is 9.59 Å². The van der Waals surface area contributed by atoms with Gasteiger partial charge in [-0.05, 0) is 50.1 Å². The Labute approximate surface area is 197 Å². The Kier molecular flexibility index (Phi) is 9.82. The summed E-state index contributed by atoms with van der Waals surface area (Å²) in [5, 5.41) is 4.56. The van der Waals surface area contributed by atoms with Crippen LogP contribution >= 0.6 is 46.6 Å². The quantitative estimate of drug-likeness (QED) is 0.485. The van der Waals surface area contributed by atoms with Crippen LogP contribution in [0.1, 0.15) is 31.9 Å². The summed E-state index contributed by atoms with van der Waals surface area (Å²) in [6, 6.07) is 12.0. The molecule has 4 nitrogen and oxygen atoms in total. The highest BCUT2D eigenvalue weighted by Crippen LogP contribution is 2.28. The van der Waals surface area contributed by atoms with E-state index in [0.29, 0.717) is 20.8 Å². The number of thioether (sulfide) groups is 1. The average Bonchev–Trinajstić information content (AvgIpc) is 2.68. The van der Waals surface area contributed by atoms with Gasteiger partial charge in [0.25, 0.3) is 0 Å². The Morgan fingerprint density at radius 1 is 0.967 bits per heavy atom. The summed E-state index contributed by atoms with van der Waals surface area (Å²) in [6.45, 7) is 5.74. The van der Waals surface area contributed by atoms with Crippen molar-refractivity contribution in [1.82, 2.24) is 10.2 Å². The van der Waals surface area contributed by atoms with E-state index in [1.165, 1.54) is 11.8 Å². The molecule has 1 N–H and O–H groups in total. The monoisotopic (exact) mass is 486 g/mol. The second-order valence-corrected chi connectivity index (χ2v) is 9.35. The molecule has 0 heterocycles. The maximum atomic E-state index is 13.1. The molecule has 0 bridgehead atoms. The molecule has 0 saturated heterocycles. The van der Waals surface area contributed by atoms with Crippen molar-refractivity contribution in [3.05, 3.63) is 68.7 Å². The minimum atomic E-state index is -0.638. The minimum absolute atomic E-state index is 0.0195. The summed E-state index contributed by atoms with van der Waals surface area (Å²) in [5.74, 6) is 0.321. The van der Waals surface area contributed by atoms with E-state index in [1.807, 2.05) is 32.0 Å². The summed E-state index contributed by atoms with van der Waals surface area (Å²) in [4.78, 5) is 27.2. The fourth-order valence-corrected chi connectivity index (χ4v) is 4.63. The lowest BCUT2D eigenvalue weighted by Gasteiger charge is -2.29. The Morgan fingerprint density at radius 3 is 2.17 bits per heavy atom. The number of carbonyl (C=O) groups excluding carboxylic acids is 2. The minimum Gasteiger partial charge on any atom is -0.352 e. The van der Waals surface area contributed by atoms with Crippen LogP contribution in [0.15, 0.2) is 42.5 Å². The Balaban J connectivity index is 2.13. The zero-order valence-corrected chi connectivity index (χ0v) is 20.2. The van der Waals surface area contributed by atoms with Crippen LogP contribution in [0, 0.1) is 0 Å². The fraction of sp³-hybridized carbons (Fsp3) is 0.364. The fourth-order valence-electron chi connectivity index (χ4n) is 2.79. The highest BCUT2D eigenvalue weighted by molar-refractivity contribution is 7.99. The molecule has 0 saturated carbocycles. The number of nitrogens with zero attached hydrogens (tertiary/aromatic N) is 1. The van der Waals surface area contributed by atoms with Gasteiger partial charge in [0, 0.05) is 33.4 Å². The predicted octanol–water partition coefficient (Wildman–Crippen LogP) is 5.82. The van der Waals surface area contributed by atoms with Gasteiger partial charge < -0.3 is 10.2 Å². The van der Waals surface area contributed by atoms with E-state index in [0.717, 1.165) is 11.1 Å². The van der Waals surface area contributed by atoms with Crippen LogP contribution in [-0.2, 0) is 21.9 Å². The van der Waals surface area contributed by atoms with Gasteiger partial charge in [0.15, 0.2) is 0 Å². The molecule has 1 atom stereocenters. The van der Waals surface area contributed by atoms with Gasteiger partial charge in [-0.3, -0.25) is 9.59 Å². The Morgan fingerprint density at radius 2 is 1.57 bits per heavy atom. The van der Waals surface area contributed by atoms with Crippen LogP contribution in [0.3, 0.4) is 0 Å². The first-order chi connectivity index (χ1) is 14.2. The summed E-state index contributed by atoms with van der Waals surface area (Å²) in [5.41, 5.74) is 1.58. The first-order valence-electron chi connectivity index (χ1n) is 9.54. The molecular formula is C22H25Cl3N2O2S. The molecule has 2 aromatic carbocycles. The number of halogens is 3. The number of hydrogen-bond donors (Lipinski definition) is 1. The lowest BCUT2D eigenvalue weighted by molar-refractivity contribution is -0.138. The molecule has 2 amide bonds. The van der Waals surface area contributed by atoms with Crippen molar-refractivity contribution in [1.29, 1.82) is 0 Å². The normalized spacial score (nSPS) is 12.0. The topological polar surface area (TPSA) is 49.4 Å². The van der Waals surface area contributed by atoms with E-state index in [9.17, 15) is 9.59 Å². The molecule has 0 aliphatic heterocycles. The van der Waals surface area contributed by atoms with Crippen LogP contribution in [0.2, 0.25) is 15.1 Å². The van der Waals surface area contributed by atoms with E-state index in [4.69, 9.17) is 34.8 Å². The molecule has 0 spiro atoms. The molecular weight excluding hydrogens is 463 g/mol. The largest absolute Gasteiger partial charge is 0.352 e. The van der Waals surface area contributed by atoms with Crippen LogP contribution in [0.4, 0.5) is 0 Å². The van der Waals surface area contributed by atoms with Crippen LogP contribution in [0.25, 0.3) is 0 Å². The summed E-state index contributed by atoms with van der Waals surface area (Å²) in [7, 11) is 0. The molecule has 0 fully saturated rings. The van der Waals surface area contributed by atoms with E-state index in [2.05, 4.69) is 5.32 Å². The third-order valence-electron chi connectivity index (χ3n) is 4.43. The highest BCUT2D eigenvalue weighted by Gasteiger charge is 2.27. The van der Waals surface area contributed by atoms with Gasteiger partial charge in [-0.15, -0.1) is 11.8 Å².